The Kier molecular flexibility index (Phi) is 11.1. The van der Waals surface area contributed by atoms with Gasteiger partial charge in [-0.15, -0.1) is 0 Å². The number of Topliss-reactive ketones (excluding diaryl/α,β-unsaturated/α-hetero) is 1. The molecule has 152 valence electrons. The van der Waals surface area contributed by atoms with Crippen LogP contribution < -0.4 is 0 Å². The first-order valence-corrected chi connectivity index (χ1v) is 10.5. The molecule has 26 heavy (non-hydrogen) atoms. The Morgan fingerprint density at radius 2 is 1.77 bits per heavy atom. The molecular weight excluding hydrogens is 332 g/mol. The summed E-state index contributed by atoms with van der Waals surface area (Å²) in [5.41, 5.74) is 0. The standard InChI is InChI=1S/C21H38O5/c1-3-4-10-16(22)11-8-13-18-17(19(23)14-20(18)24)12-7-5-6-9-15(2)21(25)26/h15-18,20,22,24H,3-14H2,1-2H3,(H,25,26)/t15?,16?,17-,18-,20-/m1/s1. The SMILES string of the molecule is CCCCC(O)CCC[C@H]1[C@H](O)CC(=O)[C@@H]1CCCCCC(C)C(=O)O. The van der Waals surface area contributed by atoms with Gasteiger partial charge in [0, 0.05) is 12.3 Å². The Balaban J connectivity index is 2.30. The highest BCUT2D eigenvalue weighted by Gasteiger charge is 2.40. The highest BCUT2D eigenvalue weighted by Crippen LogP contribution is 2.36. The fraction of sp³-hybridized carbons (Fsp3) is 0.905. The van der Waals surface area contributed by atoms with E-state index in [1.54, 1.807) is 6.92 Å². The molecule has 0 aromatic heterocycles. The average molecular weight is 371 g/mol. The van der Waals surface area contributed by atoms with Gasteiger partial charge in [0.05, 0.1) is 18.1 Å². The molecule has 0 aromatic rings. The summed E-state index contributed by atoms with van der Waals surface area (Å²) in [5, 5.41) is 29.1. The van der Waals surface area contributed by atoms with Gasteiger partial charge in [0.2, 0.25) is 0 Å². The Bertz CT molecular complexity index is 423. The number of rotatable bonds is 14. The Labute approximate surface area is 158 Å². The number of carbonyl (C=O) groups is 2. The number of aliphatic hydroxyl groups is 2. The minimum Gasteiger partial charge on any atom is -0.481 e. The molecule has 1 aliphatic carbocycles. The third kappa shape index (κ3) is 8.17. The topological polar surface area (TPSA) is 94.8 Å². The molecule has 1 aliphatic rings. The van der Waals surface area contributed by atoms with Crippen LogP contribution in [0, 0.1) is 17.8 Å². The van der Waals surface area contributed by atoms with Gasteiger partial charge < -0.3 is 15.3 Å². The van der Waals surface area contributed by atoms with Crippen molar-refractivity contribution in [1.29, 1.82) is 0 Å². The number of hydrogen-bond donors (Lipinski definition) is 3. The van der Waals surface area contributed by atoms with Crippen molar-refractivity contribution in [2.75, 3.05) is 0 Å². The van der Waals surface area contributed by atoms with E-state index in [1.165, 1.54) is 0 Å². The Hall–Kier alpha value is -0.940. The zero-order chi connectivity index (χ0) is 19.5. The van der Waals surface area contributed by atoms with E-state index < -0.39 is 12.1 Å². The number of carboxylic acids is 1. The van der Waals surface area contributed by atoms with Crippen LogP contribution in [0.3, 0.4) is 0 Å². The van der Waals surface area contributed by atoms with E-state index in [1.807, 2.05) is 0 Å². The van der Waals surface area contributed by atoms with Crippen molar-refractivity contribution < 1.29 is 24.9 Å². The molecule has 3 N–H and O–H groups in total. The molecule has 0 heterocycles. The first kappa shape index (κ1) is 23.1. The molecule has 0 aromatic carbocycles. The summed E-state index contributed by atoms with van der Waals surface area (Å²) in [6.45, 7) is 3.84. The number of carboxylic acid groups (broad SMARTS) is 1. The van der Waals surface area contributed by atoms with E-state index in [9.17, 15) is 19.8 Å². The third-order valence-electron chi connectivity index (χ3n) is 5.87. The predicted octanol–water partition coefficient (Wildman–Crippen LogP) is 3.95. The molecule has 0 radical (unpaired) electrons. The van der Waals surface area contributed by atoms with Gasteiger partial charge in [-0.3, -0.25) is 9.59 Å². The van der Waals surface area contributed by atoms with Gasteiger partial charge in [0.15, 0.2) is 0 Å². The summed E-state index contributed by atoms with van der Waals surface area (Å²) in [6, 6.07) is 0. The number of aliphatic carboxylic acids is 1. The molecule has 2 unspecified atom stereocenters. The molecule has 0 aliphatic heterocycles. The van der Waals surface area contributed by atoms with Gasteiger partial charge in [-0.1, -0.05) is 52.4 Å². The molecular formula is C21H38O5. The van der Waals surface area contributed by atoms with Gasteiger partial charge in [-0.25, -0.2) is 0 Å². The Morgan fingerprint density at radius 1 is 1.08 bits per heavy atom. The summed E-state index contributed by atoms with van der Waals surface area (Å²) in [7, 11) is 0. The van der Waals surface area contributed by atoms with E-state index in [0.717, 1.165) is 64.2 Å². The number of carbonyl (C=O) groups excluding carboxylic acids is 1. The lowest BCUT2D eigenvalue weighted by Crippen LogP contribution is -2.21. The molecule has 1 saturated carbocycles. The quantitative estimate of drug-likeness (QED) is 0.403. The number of unbranched alkanes of at least 4 members (excludes halogenated alkanes) is 3. The van der Waals surface area contributed by atoms with Gasteiger partial charge >= 0.3 is 5.97 Å². The molecule has 5 heteroatoms. The molecule has 0 bridgehead atoms. The second kappa shape index (κ2) is 12.4. The van der Waals surface area contributed by atoms with Gasteiger partial charge in [-0.05, 0) is 38.0 Å². The highest BCUT2D eigenvalue weighted by molar-refractivity contribution is 5.84. The van der Waals surface area contributed by atoms with Crippen molar-refractivity contribution in [3.63, 3.8) is 0 Å². The summed E-state index contributed by atoms with van der Waals surface area (Å²) >= 11 is 0. The normalized spacial score (nSPS) is 25.4. The monoisotopic (exact) mass is 370 g/mol. The van der Waals surface area contributed by atoms with E-state index in [-0.39, 0.29) is 36.1 Å². The summed E-state index contributed by atoms with van der Waals surface area (Å²) in [4.78, 5) is 23.0. The maximum absolute atomic E-state index is 12.2. The van der Waals surface area contributed by atoms with E-state index in [0.29, 0.717) is 6.42 Å². The van der Waals surface area contributed by atoms with Crippen molar-refractivity contribution in [2.45, 2.75) is 103 Å². The second-order valence-corrected chi connectivity index (χ2v) is 8.11. The summed E-state index contributed by atoms with van der Waals surface area (Å²) in [6.07, 6.45) is 9.00. The molecule has 5 atom stereocenters. The summed E-state index contributed by atoms with van der Waals surface area (Å²) < 4.78 is 0. The average Bonchev–Trinajstić information content (AvgIpc) is 2.86. The predicted molar refractivity (Wildman–Crippen MR) is 102 cm³/mol. The van der Waals surface area contributed by atoms with E-state index in [4.69, 9.17) is 5.11 Å². The fourth-order valence-corrected chi connectivity index (χ4v) is 4.07. The minimum absolute atomic E-state index is 0.0267. The maximum atomic E-state index is 12.2. The van der Waals surface area contributed by atoms with Crippen LogP contribution in [-0.4, -0.2) is 39.3 Å². The first-order valence-electron chi connectivity index (χ1n) is 10.5. The van der Waals surface area contributed by atoms with Crippen LogP contribution in [0.5, 0.6) is 0 Å². The van der Waals surface area contributed by atoms with Crippen LogP contribution in [0.4, 0.5) is 0 Å². The molecule has 1 fully saturated rings. The fourth-order valence-electron chi connectivity index (χ4n) is 4.07. The lowest BCUT2D eigenvalue weighted by Gasteiger charge is -2.21. The van der Waals surface area contributed by atoms with Crippen LogP contribution in [0.15, 0.2) is 0 Å². The van der Waals surface area contributed by atoms with Crippen molar-refractivity contribution in [2.24, 2.45) is 17.8 Å². The van der Waals surface area contributed by atoms with Crippen LogP contribution in [0.25, 0.3) is 0 Å². The lowest BCUT2D eigenvalue weighted by atomic mass is 9.85. The third-order valence-corrected chi connectivity index (χ3v) is 5.87. The molecule has 0 saturated heterocycles. The zero-order valence-electron chi connectivity index (χ0n) is 16.5. The van der Waals surface area contributed by atoms with Gasteiger partial charge in [0.1, 0.15) is 5.78 Å². The van der Waals surface area contributed by atoms with Crippen LogP contribution in [-0.2, 0) is 9.59 Å². The Morgan fingerprint density at radius 3 is 2.42 bits per heavy atom. The first-order chi connectivity index (χ1) is 12.4. The van der Waals surface area contributed by atoms with Gasteiger partial charge in [-0.2, -0.15) is 0 Å². The largest absolute Gasteiger partial charge is 0.481 e. The van der Waals surface area contributed by atoms with E-state index in [2.05, 4.69) is 6.92 Å². The van der Waals surface area contributed by atoms with Crippen LogP contribution in [0.1, 0.15) is 90.9 Å². The molecule has 0 amide bonds. The smallest absolute Gasteiger partial charge is 0.306 e. The van der Waals surface area contributed by atoms with Crippen molar-refractivity contribution in [3.05, 3.63) is 0 Å². The highest BCUT2D eigenvalue weighted by atomic mass is 16.4. The molecule has 1 rings (SSSR count). The second-order valence-electron chi connectivity index (χ2n) is 8.11. The van der Waals surface area contributed by atoms with Crippen molar-refractivity contribution >= 4 is 11.8 Å². The van der Waals surface area contributed by atoms with Crippen molar-refractivity contribution in [1.82, 2.24) is 0 Å². The van der Waals surface area contributed by atoms with Crippen molar-refractivity contribution in [3.8, 4) is 0 Å². The van der Waals surface area contributed by atoms with Crippen LogP contribution >= 0.6 is 0 Å². The molecule has 5 nitrogen and oxygen atoms in total. The minimum atomic E-state index is -0.750. The number of aliphatic hydroxyl groups excluding tert-OH is 2. The van der Waals surface area contributed by atoms with Crippen LogP contribution in [0.2, 0.25) is 0 Å². The number of hydrogen-bond acceptors (Lipinski definition) is 4. The van der Waals surface area contributed by atoms with Gasteiger partial charge in [0.25, 0.3) is 0 Å². The molecule has 0 spiro atoms. The van der Waals surface area contributed by atoms with E-state index >= 15 is 0 Å². The number of ketones is 1. The maximum Gasteiger partial charge on any atom is 0.306 e. The zero-order valence-corrected chi connectivity index (χ0v) is 16.5. The lowest BCUT2D eigenvalue weighted by molar-refractivity contribution is -0.141. The summed E-state index contributed by atoms with van der Waals surface area (Å²) in [5.74, 6) is -0.918.